The lowest BCUT2D eigenvalue weighted by molar-refractivity contribution is 0.0994. The van der Waals surface area contributed by atoms with Crippen molar-refractivity contribution in [1.29, 1.82) is 0 Å². The summed E-state index contributed by atoms with van der Waals surface area (Å²) in [6.45, 7) is 2.12. The molecule has 2 aromatic rings. The summed E-state index contributed by atoms with van der Waals surface area (Å²) in [5.41, 5.74) is 0.692. The molecule has 0 aliphatic rings. The van der Waals surface area contributed by atoms with E-state index in [1.54, 1.807) is 29.5 Å². The third-order valence-corrected chi connectivity index (χ3v) is 5.09. The second-order valence-corrected chi connectivity index (χ2v) is 6.46. The quantitative estimate of drug-likeness (QED) is 0.701. The molecule has 4 heteroatoms. The molecule has 0 fully saturated rings. The fourth-order valence-electron chi connectivity index (χ4n) is 1.64. The lowest BCUT2D eigenvalue weighted by Gasteiger charge is -2.01. The molecule has 94 valence electrons. The number of benzene rings is 1. The Morgan fingerprint density at radius 3 is 2.61 bits per heavy atom. The van der Waals surface area contributed by atoms with E-state index in [0.717, 1.165) is 15.8 Å². The van der Waals surface area contributed by atoms with Gasteiger partial charge < -0.3 is 0 Å². The van der Waals surface area contributed by atoms with Crippen LogP contribution < -0.4 is 0 Å². The van der Waals surface area contributed by atoms with E-state index in [4.69, 9.17) is 11.6 Å². The van der Waals surface area contributed by atoms with Crippen molar-refractivity contribution in [3.63, 3.8) is 0 Å². The highest BCUT2D eigenvalue weighted by atomic mass is 79.9. The highest BCUT2D eigenvalue weighted by Gasteiger charge is 2.10. The molecule has 0 spiro atoms. The molecule has 0 aliphatic carbocycles. The molecular formula is C14H12BrClOS. The van der Waals surface area contributed by atoms with Gasteiger partial charge in [-0.3, -0.25) is 4.79 Å². The normalized spacial score (nSPS) is 10.6. The van der Waals surface area contributed by atoms with Gasteiger partial charge >= 0.3 is 0 Å². The zero-order chi connectivity index (χ0) is 13.1. The summed E-state index contributed by atoms with van der Waals surface area (Å²) in [6.07, 6.45) is 1.48. The Hall–Kier alpha value is -0.640. The number of hydrogen-bond donors (Lipinski definition) is 0. The summed E-state index contributed by atoms with van der Waals surface area (Å²) < 4.78 is 0.760. The number of hydrogen-bond acceptors (Lipinski definition) is 2. The first-order valence-corrected chi connectivity index (χ1v) is 7.64. The molecule has 18 heavy (non-hydrogen) atoms. The van der Waals surface area contributed by atoms with Crippen LogP contribution in [0.5, 0.6) is 0 Å². The Labute approximate surface area is 124 Å². The van der Waals surface area contributed by atoms with Gasteiger partial charge in [0, 0.05) is 26.2 Å². The number of halogens is 2. The first-order valence-electron chi connectivity index (χ1n) is 5.66. The Balaban J connectivity index is 2.14. The van der Waals surface area contributed by atoms with Crippen molar-refractivity contribution in [1.82, 2.24) is 0 Å². The zero-order valence-electron chi connectivity index (χ0n) is 9.87. The maximum absolute atomic E-state index is 12.1. The maximum atomic E-state index is 12.1. The van der Waals surface area contributed by atoms with Gasteiger partial charge in [0.05, 0.1) is 5.02 Å². The Kier molecular flexibility index (Phi) is 4.60. The van der Waals surface area contributed by atoms with Crippen molar-refractivity contribution >= 4 is 44.7 Å². The van der Waals surface area contributed by atoms with E-state index in [0.29, 0.717) is 17.0 Å². The molecule has 1 aromatic heterocycles. The van der Waals surface area contributed by atoms with Crippen molar-refractivity contribution in [3.05, 3.63) is 55.1 Å². The largest absolute Gasteiger partial charge is 0.294 e. The summed E-state index contributed by atoms with van der Waals surface area (Å²) >= 11 is 10.9. The lowest BCUT2D eigenvalue weighted by atomic mass is 10.1. The van der Waals surface area contributed by atoms with Crippen molar-refractivity contribution in [2.45, 2.75) is 19.8 Å². The number of aryl methyl sites for hydroxylation is 1. The first kappa shape index (κ1) is 13.8. The Bertz CT molecular complexity index is 577. The summed E-state index contributed by atoms with van der Waals surface area (Å²) in [6, 6.07) is 9.41. The highest BCUT2D eigenvalue weighted by molar-refractivity contribution is 9.10. The van der Waals surface area contributed by atoms with Gasteiger partial charge in [0.25, 0.3) is 0 Å². The van der Waals surface area contributed by atoms with Gasteiger partial charge in [0.1, 0.15) is 0 Å². The van der Waals surface area contributed by atoms with Gasteiger partial charge in [0.15, 0.2) is 5.78 Å². The highest BCUT2D eigenvalue weighted by Crippen LogP contribution is 2.25. The van der Waals surface area contributed by atoms with Gasteiger partial charge in [-0.1, -0.05) is 18.5 Å². The van der Waals surface area contributed by atoms with Crippen LogP contribution in [0.4, 0.5) is 0 Å². The molecular weight excluding hydrogens is 332 g/mol. The third-order valence-electron chi connectivity index (χ3n) is 2.64. The first-order chi connectivity index (χ1) is 8.60. The Morgan fingerprint density at radius 2 is 2.00 bits per heavy atom. The predicted molar refractivity (Wildman–Crippen MR) is 80.9 cm³/mol. The van der Waals surface area contributed by atoms with Crippen LogP contribution in [0.15, 0.2) is 34.8 Å². The average molecular weight is 344 g/mol. The van der Waals surface area contributed by atoms with Crippen LogP contribution in [0.25, 0.3) is 0 Å². The maximum Gasteiger partial charge on any atom is 0.168 e. The van der Waals surface area contributed by atoms with E-state index < -0.39 is 0 Å². The van der Waals surface area contributed by atoms with E-state index in [1.165, 1.54) is 4.88 Å². The zero-order valence-corrected chi connectivity index (χ0v) is 13.0. The van der Waals surface area contributed by atoms with Crippen molar-refractivity contribution < 1.29 is 4.79 Å². The SMILES string of the molecule is CCc1ccc(CC(=O)c2ccc(Cl)c(Br)c2)s1. The summed E-state index contributed by atoms with van der Waals surface area (Å²) in [7, 11) is 0. The van der Waals surface area contributed by atoms with E-state index in [1.807, 2.05) is 6.07 Å². The molecule has 0 N–H and O–H groups in total. The van der Waals surface area contributed by atoms with Crippen molar-refractivity contribution in [2.75, 3.05) is 0 Å². The summed E-state index contributed by atoms with van der Waals surface area (Å²) in [5, 5.41) is 0.621. The smallest absolute Gasteiger partial charge is 0.168 e. The van der Waals surface area contributed by atoms with Gasteiger partial charge in [-0.25, -0.2) is 0 Å². The summed E-state index contributed by atoms with van der Waals surface area (Å²) in [5.74, 6) is 0.122. The van der Waals surface area contributed by atoms with Crippen molar-refractivity contribution in [2.24, 2.45) is 0 Å². The second kappa shape index (κ2) is 6.00. The fraction of sp³-hybridized carbons (Fsp3) is 0.214. The van der Waals surface area contributed by atoms with E-state index in [9.17, 15) is 4.79 Å². The number of carbonyl (C=O) groups excluding carboxylic acids is 1. The Morgan fingerprint density at radius 1 is 1.28 bits per heavy atom. The van der Waals surface area contributed by atoms with E-state index in [2.05, 4.69) is 28.9 Å². The predicted octanol–water partition coefficient (Wildman–Crippen LogP) is 5.15. The molecule has 0 saturated carbocycles. The summed E-state index contributed by atoms with van der Waals surface area (Å²) in [4.78, 5) is 14.5. The molecule has 1 aromatic carbocycles. The minimum atomic E-state index is 0.122. The number of carbonyl (C=O) groups is 1. The monoisotopic (exact) mass is 342 g/mol. The van der Waals surface area contributed by atoms with Crippen LogP contribution in [0.2, 0.25) is 5.02 Å². The van der Waals surface area contributed by atoms with Gasteiger partial charge in [0.2, 0.25) is 0 Å². The van der Waals surface area contributed by atoms with Gasteiger partial charge in [-0.05, 0) is 52.7 Å². The van der Waals surface area contributed by atoms with Crippen LogP contribution in [0.3, 0.4) is 0 Å². The third kappa shape index (κ3) is 3.22. The number of rotatable bonds is 4. The van der Waals surface area contributed by atoms with Gasteiger partial charge in [-0.15, -0.1) is 11.3 Å². The van der Waals surface area contributed by atoms with E-state index in [-0.39, 0.29) is 5.78 Å². The topological polar surface area (TPSA) is 17.1 Å². The second-order valence-electron chi connectivity index (χ2n) is 3.95. The minimum absolute atomic E-state index is 0.122. The lowest BCUT2D eigenvalue weighted by Crippen LogP contribution is -2.02. The number of Topliss-reactive ketones (excluding diaryl/α,β-unsaturated/α-hetero) is 1. The van der Waals surface area contributed by atoms with Crippen LogP contribution in [-0.2, 0) is 12.8 Å². The van der Waals surface area contributed by atoms with E-state index >= 15 is 0 Å². The van der Waals surface area contributed by atoms with Crippen molar-refractivity contribution in [3.8, 4) is 0 Å². The molecule has 0 atom stereocenters. The molecule has 0 aliphatic heterocycles. The number of thiophene rings is 1. The molecule has 1 heterocycles. The van der Waals surface area contributed by atoms with Crippen LogP contribution in [-0.4, -0.2) is 5.78 Å². The molecule has 0 saturated heterocycles. The molecule has 0 radical (unpaired) electrons. The minimum Gasteiger partial charge on any atom is -0.294 e. The van der Waals surface area contributed by atoms with Gasteiger partial charge in [-0.2, -0.15) is 0 Å². The molecule has 0 unspecified atom stereocenters. The van der Waals surface area contributed by atoms with Crippen LogP contribution >= 0.6 is 38.9 Å². The molecule has 1 nitrogen and oxygen atoms in total. The molecule has 0 bridgehead atoms. The molecule has 0 amide bonds. The fourth-order valence-corrected chi connectivity index (χ4v) is 3.09. The van der Waals surface area contributed by atoms with Crippen LogP contribution in [0, 0.1) is 0 Å². The molecule has 2 rings (SSSR count). The van der Waals surface area contributed by atoms with Crippen LogP contribution in [0.1, 0.15) is 27.0 Å². The standard InChI is InChI=1S/C14H12BrClOS/c1-2-10-4-5-11(18-10)8-14(17)9-3-6-13(16)12(15)7-9/h3-7H,2,8H2,1H3. The number of ketones is 1. The average Bonchev–Trinajstić information content (AvgIpc) is 2.80.